The highest BCUT2D eigenvalue weighted by atomic mass is 16.5. The Labute approximate surface area is 154 Å². The van der Waals surface area contributed by atoms with E-state index in [0.29, 0.717) is 6.61 Å². The fraction of sp³-hybridized carbons (Fsp3) is 0.364. The summed E-state index contributed by atoms with van der Waals surface area (Å²) in [6, 6.07) is 14.4. The van der Waals surface area contributed by atoms with Crippen LogP contribution in [-0.2, 0) is 6.42 Å². The van der Waals surface area contributed by atoms with Gasteiger partial charge in [-0.05, 0) is 47.9 Å². The summed E-state index contributed by atoms with van der Waals surface area (Å²) >= 11 is 0. The maximum absolute atomic E-state index is 6.01. The second-order valence-electron chi connectivity index (χ2n) is 7.71. The Morgan fingerprint density at radius 2 is 1.96 bits per heavy atom. The van der Waals surface area contributed by atoms with Gasteiger partial charge in [0.05, 0.1) is 13.7 Å². The summed E-state index contributed by atoms with van der Waals surface area (Å²) in [6.07, 6.45) is 3.37. The molecule has 134 valence electrons. The van der Waals surface area contributed by atoms with Gasteiger partial charge in [-0.2, -0.15) is 0 Å². The van der Waals surface area contributed by atoms with Crippen LogP contribution in [0.1, 0.15) is 11.1 Å². The lowest BCUT2D eigenvalue weighted by Crippen LogP contribution is -2.61. The number of benzene rings is 2. The number of rotatable bonds is 3. The van der Waals surface area contributed by atoms with Crippen molar-refractivity contribution in [1.82, 2.24) is 4.90 Å². The Kier molecular flexibility index (Phi) is 3.68. The smallest absolute Gasteiger partial charge is 0.127 e. The molecule has 4 heteroatoms. The standard InChI is InChI=1S/C22H23NO3/c1-24-19-6-7-21-18(9-19)8-16(12-25-21)11-23-13-22(14-23)10-17-4-2-3-5-20(17)26-15-22/h2-9H,10-15H2,1H3. The lowest BCUT2D eigenvalue weighted by Gasteiger charge is -2.52. The van der Waals surface area contributed by atoms with Crippen molar-refractivity contribution < 1.29 is 14.2 Å². The number of likely N-dealkylation sites (tertiary alicyclic amines) is 1. The highest BCUT2D eigenvalue weighted by molar-refractivity contribution is 5.64. The van der Waals surface area contributed by atoms with Crippen LogP contribution in [0, 0.1) is 5.41 Å². The van der Waals surface area contributed by atoms with Crippen LogP contribution >= 0.6 is 0 Å². The molecule has 0 bridgehead atoms. The first-order valence-corrected chi connectivity index (χ1v) is 9.16. The van der Waals surface area contributed by atoms with Gasteiger partial charge in [-0.3, -0.25) is 4.90 Å². The van der Waals surface area contributed by atoms with Crippen LogP contribution in [0.15, 0.2) is 48.0 Å². The van der Waals surface area contributed by atoms with Crippen molar-refractivity contribution >= 4 is 6.08 Å². The molecule has 1 spiro atoms. The lowest BCUT2D eigenvalue weighted by molar-refractivity contribution is -0.0384. The second-order valence-corrected chi connectivity index (χ2v) is 7.71. The SMILES string of the molecule is COc1ccc2c(c1)C=C(CN1CC3(COc4ccccc4C3)C1)CO2. The molecule has 0 N–H and O–H groups in total. The van der Waals surface area contributed by atoms with Gasteiger partial charge < -0.3 is 14.2 Å². The number of ether oxygens (including phenoxy) is 3. The van der Waals surface area contributed by atoms with E-state index in [1.54, 1.807) is 7.11 Å². The van der Waals surface area contributed by atoms with Crippen molar-refractivity contribution in [3.05, 3.63) is 59.2 Å². The van der Waals surface area contributed by atoms with Crippen molar-refractivity contribution in [3.8, 4) is 17.2 Å². The molecular weight excluding hydrogens is 326 g/mol. The predicted molar refractivity (Wildman–Crippen MR) is 101 cm³/mol. The lowest BCUT2D eigenvalue weighted by atomic mass is 9.74. The van der Waals surface area contributed by atoms with Crippen LogP contribution in [0.4, 0.5) is 0 Å². The Hall–Kier alpha value is -2.46. The third-order valence-corrected chi connectivity index (χ3v) is 5.61. The molecule has 0 saturated carbocycles. The maximum Gasteiger partial charge on any atom is 0.127 e. The summed E-state index contributed by atoms with van der Waals surface area (Å²) in [7, 11) is 1.69. The Balaban J connectivity index is 1.25. The Morgan fingerprint density at radius 1 is 1.08 bits per heavy atom. The summed E-state index contributed by atoms with van der Waals surface area (Å²) < 4.78 is 17.2. The van der Waals surface area contributed by atoms with Gasteiger partial charge in [-0.25, -0.2) is 0 Å². The average Bonchev–Trinajstić information content (AvgIpc) is 2.66. The summed E-state index contributed by atoms with van der Waals surface area (Å²) in [4.78, 5) is 2.50. The molecule has 2 aromatic carbocycles. The monoisotopic (exact) mass is 349 g/mol. The Morgan fingerprint density at radius 3 is 2.85 bits per heavy atom. The van der Waals surface area contributed by atoms with Gasteiger partial charge in [0, 0.05) is 30.6 Å². The molecule has 0 radical (unpaired) electrons. The number of nitrogens with zero attached hydrogens (tertiary/aromatic N) is 1. The summed E-state index contributed by atoms with van der Waals surface area (Å²) in [5, 5.41) is 0. The topological polar surface area (TPSA) is 30.9 Å². The summed E-state index contributed by atoms with van der Waals surface area (Å²) in [5.41, 5.74) is 4.05. The fourth-order valence-electron chi connectivity index (χ4n) is 4.40. The van der Waals surface area contributed by atoms with E-state index in [2.05, 4.69) is 29.2 Å². The van der Waals surface area contributed by atoms with Crippen LogP contribution in [-0.4, -0.2) is 44.9 Å². The first kappa shape index (κ1) is 15.8. The minimum Gasteiger partial charge on any atom is -0.497 e. The molecule has 2 aromatic rings. The van der Waals surface area contributed by atoms with Crippen LogP contribution in [0.25, 0.3) is 6.08 Å². The molecule has 3 heterocycles. The van der Waals surface area contributed by atoms with Gasteiger partial charge in [0.15, 0.2) is 0 Å². The molecule has 0 atom stereocenters. The minimum absolute atomic E-state index is 0.283. The average molecular weight is 349 g/mol. The fourth-order valence-corrected chi connectivity index (χ4v) is 4.40. The van der Waals surface area contributed by atoms with Crippen LogP contribution in [0.5, 0.6) is 17.2 Å². The van der Waals surface area contributed by atoms with Crippen LogP contribution in [0.2, 0.25) is 0 Å². The highest BCUT2D eigenvalue weighted by Crippen LogP contribution is 2.41. The molecule has 3 aliphatic heterocycles. The van der Waals surface area contributed by atoms with E-state index in [9.17, 15) is 0 Å². The van der Waals surface area contributed by atoms with E-state index >= 15 is 0 Å². The van der Waals surface area contributed by atoms with Gasteiger partial charge in [-0.1, -0.05) is 18.2 Å². The highest BCUT2D eigenvalue weighted by Gasteiger charge is 2.46. The van der Waals surface area contributed by atoms with Gasteiger partial charge in [0.2, 0.25) is 0 Å². The summed E-state index contributed by atoms with van der Waals surface area (Å²) in [6.45, 7) is 4.63. The normalized spacial score (nSPS) is 20.1. The molecule has 0 unspecified atom stereocenters. The third-order valence-electron chi connectivity index (χ3n) is 5.61. The molecule has 3 aliphatic rings. The van der Waals surface area contributed by atoms with E-state index in [1.807, 2.05) is 24.3 Å². The van der Waals surface area contributed by atoms with Gasteiger partial charge >= 0.3 is 0 Å². The molecule has 0 aliphatic carbocycles. The largest absolute Gasteiger partial charge is 0.497 e. The van der Waals surface area contributed by atoms with E-state index in [1.165, 1.54) is 11.1 Å². The zero-order valence-electron chi connectivity index (χ0n) is 15.0. The number of methoxy groups -OCH3 is 1. The van der Waals surface area contributed by atoms with Crippen LogP contribution in [0.3, 0.4) is 0 Å². The van der Waals surface area contributed by atoms with Crippen molar-refractivity contribution in [1.29, 1.82) is 0 Å². The quantitative estimate of drug-likeness (QED) is 0.850. The zero-order valence-corrected chi connectivity index (χ0v) is 15.0. The van der Waals surface area contributed by atoms with Crippen molar-refractivity contribution in [2.75, 3.05) is 40.0 Å². The molecule has 0 aromatic heterocycles. The molecule has 5 rings (SSSR count). The number of hydrogen-bond acceptors (Lipinski definition) is 4. The first-order valence-electron chi connectivity index (χ1n) is 9.16. The Bertz CT molecular complexity index is 867. The van der Waals surface area contributed by atoms with E-state index in [-0.39, 0.29) is 5.41 Å². The zero-order chi connectivity index (χ0) is 17.6. The maximum atomic E-state index is 6.01. The molecule has 26 heavy (non-hydrogen) atoms. The van der Waals surface area contributed by atoms with Crippen molar-refractivity contribution in [2.45, 2.75) is 6.42 Å². The second kappa shape index (κ2) is 6.06. The third kappa shape index (κ3) is 2.74. The first-order chi connectivity index (χ1) is 12.7. The van der Waals surface area contributed by atoms with Crippen molar-refractivity contribution in [2.24, 2.45) is 5.41 Å². The van der Waals surface area contributed by atoms with E-state index in [0.717, 1.165) is 55.5 Å². The number of fused-ring (bicyclic) bond motifs is 2. The molecule has 4 nitrogen and oxygen atoms in total. The van der Waals surface area contributed by atoms with Gasteiger partial charge in [0.25, 0.3) is 0 Å². The van der Waals surface area contributed by atoms with E-state index < -0.39 is 0 Å². The van der Waals surface area contributed by atoms with Crippen LogP contribution < -0.4 is 14.2 Å². The molecule has 1 fully saturated rings. The van der Waals surface area contributed by atoms with Gasteiger partial charge in [0.1, 0.15) is 23.9 Å². The molecule has 1 saturated heterocycles. The minimum atomic E-state index is 0.283. The van der Waals surface area contributed by atoms with E-state index in [4.69, 9.17) is 14.2 Å². The number of para-hydroxylation sites is 1. The molecular formula is C22H23NO3. The predicted octanol–water partition coefficient (Wildman–Crippen LogP) is 3.41. The number of hydrogen-bond donors (Lipinski definition) is 0. The summed E-state index contributed by atoms with van der Waals surface area (Å²) in [5.74, 6) is 2.86. The van der Waals surface area contributed by atoms with Gasteiger partial charge in [-0.15, -0.1) is 0 Å². The van der Waals surface area contributed by atoms with Crippen molar-refractivity contribution in [3.63, 3.8) is 0 Å². The molecule has 0 amide bonds.